The molecule has 1 nitrogen and oxygen atoms in total. The minimum absolute atomic E-state index is 0.176. The van der Waals surface area contributed by atoms with Crippen LogP contribution in [0.25, 0.3) is 0 Å². The van der Waals surface area contributed by atoms with Crippen molar-refractivity contribution >= 4 is 12.7 Å². The van der Waals surface area contributed by atoms with Gasteiger partial charge in [-0.1, -0.05) is 24.4 Å². The predicted octanol–water partition coefficient (Wildman–Crippen LogP) is 1.70. The summed E-state index contributed by atoms with van der Waals surface area (Å²) in [5.41, 5.74) is 0.981. The third kappa shape index (κ3) is 3.40. The van der Waals surface area contributed by atoms with Crippen molar-refractivity contribution < 1.29 is 17.9 Å². The first kappa shape index (κ1) is 9.96. The molecule has 1 aromatic carbocycles. The molecule has 0 fully saturated rings. The molecular formula is C8H8BF3O. The third-order valence-corrected chi connectivity index (χ3v) is 1.57. The summed E-state index contributed by atoms with van der Waals surface area (Å²) in [5.74, 6) is -0.176. The normalized spacial score (nSPS) is 11.1. The molecule has 0 aliphatic heterocycles. The van der Waals surface area contributed by atoms with Crippen LogP contribution in [-0.4, -0.2) is 13.6 Å². The molecule has 1 rings (SSSR count). The third-order valence-electron chi connectivity index (χ3n) is 1.57. The molecule has 1 aromatic rings. The van der Waals surface area contributed by atoms with Crippen LogP contribution in [0.1, 0.15) is 0 Å². The van der Waals surface area contributed by atoms with Crippen molar-refractivity contribution in [2.75, 3.05) is 0 Å². The van der Waals surface area contributed by atoms with Gasteiger partial charge in [0.25, 0.3) is 0 Å². The highest BCUT2D eigenvalue weighted by atomic mass is 19.4. The summed E-state index contributed by atoms with van der Waals surface area (Å²) >= 11 is 0. The highest BCUT2D eigenvalue weighted by Gasteiger charge is 2.30. The Morgan fingerprint density at radius 1 is 1.15 bits per heavy atom. The van der Waals surface area contributed by atoms with E-state index in [2.05, 4.69) is 4.74 Å². The SMILES string of the molecule is CBc1ccc(OC(F)(F)F)cc1. The first-order valence-electron chi connectivity index (χ1n) is 3.86. The fourth-order valence-electron chi connectivity index (χ4n) is 0.927. The Kier molecular flexibility index (Phi) is 2.85. The molecule has 0 amide bonds. The average Bonchev–Trinajstić information content (AvgIpc) is 2.03. The lowest BCUT2D eigenvalue weighted by molar-refractivity contribution is -0.274. The van der Waals surface area contributed by atoms with Gasteiger partial charge in [0, 0.05) is 0 Å². The number of benzene rings is 1. The largest absolute Gasteiger partial charge is 0.573 e. The van der Waals surface area contributed by atoms with E-state index in [4.69, 9.17) is 0 Å². The van der Waals surface area contributed by atoms with Gasteiger partial charge in [-0.15, -0.1) is 13.2 Å². The highest BCUT2D eigenvalue weighted by Crippen LogP contribution is 2.21. The predicted molar refractivity (Wildman–Crippen MR) is 45.8 cm³/mol. The maximum absolute atomic E-state index is 11.7. The standard InChI is InChI=1S/C8H8BF3O/c1-9-6-2-4-7(5-3-6)13-8(10,11)12/h2-5,9H,1H3. The Balaban J connectivity index is 2.70. The van der Waals surface area contributed by atoms with Gasteiger partial charge in [0.05, 0.1) is 0 Å². The van der Waals surface area contributed by atoms with Gasteiger partial charge in [-0.3, -0.25) is 0 Å². The summed E-state index contributed by atoms with van der Waals surface area (Å²) < 4.78 is 38.8. The molecule has 0 saturated heterocycles. The van der Waals surface area contributed by atoms with Crippen molar-refractivity contribution in [3.8, 4) is 5.75 Å². The number of halogens is 3. The molecule has 0 heterocycles. The number of hydrogen-bond acceptors (Lipinski definition) is 1. The van der Waals surface area contributed by atoms with Crippen LogP contribution in [0.3, 0.4) is 0 Å². The molecule has 70 valence electrons. The van der Waals surface area contributed by atoms with Gasteiger partial charge in [0.1, 0.15) is 5.75 Å². The Bertz CT molecular complexity index is 268. The van der Waals surface area contributed by atoms with Crippen molar-refractivity contribution in [2.24, 2.45) is 0 Å². The van der Waals surface area contributed by atoms with Gasteiger partial charge in [-0.05, 0) is 12.1 Å². The van der Waals surface area contributed by atoms with Gasteiger partial charge in [0.2, 0.25) is 0 Å². The zero-order valence-corrected chi connectivity index (χ0v) is 7.06. The molecule has 0 N–H and O–H groups in total. The van der Waals surface area contributed by atoms with Crippen molar-refractivity contribution in [3.05, 3.63) is 24.3 Å². The summed E-state index contributed by atoms with van der Waals surface area (Å²) in [7, 11) is 0.798. The lowest BCUT2D eigenvalue weighted by Gasteiger charge is -2.08. The summed E-state index contributed by atoms with van der Waals surface area (Å²) in [6, 6.07) is 5.85. The van der Waals surface area contributed by atoms with E-state index in [1.165, 1.54) is 12.1 Å². The lowest BCUT2D eigenvalue weighted by atomic mass is 9.73. The number of alkyl halides is 3. The topological polar surface area (TPSA) is 9.23 Å². The van der Waals surface area contributed by atoms with E-state index in [-0.39, 0.29) is 5.75 Å². The zero-order valence-electron chi connectivity index (χ0n) is 7.06. The quantitative estimate of drug-likeness (QED) is 0.641. The first-order chi connectivity index (χ1) is 6.01. The molecule has 0 saturated carbocycles. The van der Waals surface area contributed by atoms with Crippen LogP contribution in [0.15, 0.2) is 24.3 Å². The van der Waals surface area contributed by atoms with Crippen LogP contribution in [-0.2, 0) is 0 Å². The van der Waals surface area contributed by atoms with E-state index in [0.717, 1.165) is 12.7 Å². The monoisotopic (exact) mass is 188 g/mol. The highest BCUT2D eigenvalue weighted by molar-refractivity contribution is 6.51. The second-order valence-electron chi connectivity index (χ2n) is 2.55. The van der Waals surface area contributed by atoms with Gasteiger partial charge in [-0.2, -0.15) is 0 Å². The van der Waals surface area contributed by atoms with Crippen molar-refractivity contribution in [3.63, 3.8) is 0 Å². The van der Waals surface area contributed by atoms with Gasteiger partial charge in [0.15, 0.2) is 7.28 Å². The number of ether oxygens (including phenoxy) is 1. The van der Waals surface area contributed by atoms with E-state index < -0.39 is 6.36 Å². The summed E-state index contributed by atoms with van der Waals surface area (Å²) in [5, 5.41) is 0. The summed E-state index contributed by atoms with van der Waals surface area (Å²) in [4.78, 5) is 0. The lowest BCUT2D eigenvalue weighted by Crippen LogP contribution is -2.18. The Morgan fingerprint density at radius 3 is 2.08 bits per heavy atom. The molecule has 0 aromatic heterocycles. The van der Waals surface area contributed by atoms with E-state index >= 15 is 0 Å². The number of rotatable bonds is 2. The number of hydrogen-bond donors (Lipinski definition) is 0. The Morgan fingerprint density at radius 2 is 1.69 bits per heavy atom. The molecule has 0 atom stereocenters. The van der Waals surface area contributed by atoms with Crippen LogP contribution in [0.5, 0.6) is 5.75 Å². The van der Waals surface area contributed by atoms with Crippen LogP contribution < -0.4 is 10.2 Å². The zero-order chi connectivity index (χ0) is 9.90. The first-order valence-corrected chi connectivity index (χ1v) is 3.86. The second kappa shape index (κ2) is 3.72. The summed E-state index contributed by atoms with van der Waals surface area (Å²) in [6.07, 6.45) is -4.60. The molecule has 0 spiro atoms. The fourth-order valence-corrected chi connectivity index (χ4v) is 0.927. The fraction of sp³-hybridized carbons (Fsp3) is 0.250. The van der Waals surface area contributed by atoms with Crippen molar-refractivity contribution in [2.45, 2.75) is 13.2 Å². The minimum Gasteiger partial charge on any atom is -0.406 e. The van der Waals surface area contributed by atoms with Gasteiger partial charge >= 0.3 is 6.36 Å². The average molecular weight is 188 g/mol. The Labute approximate surface area is 74.8 Å². The molecule has 0 aliphatic carbocycles. The molecule has 13 heavy (non-hydrogen) atoms. The maximum Gasteiger partial charge on any atom is 0.573 e. The minimum atomic E-state index is -4.60. The van der Waals surface area contributed by atoms with Crippen LogP contribution >= 0.6 is 0 Å². The molecule has 5 heteroatoms. The smallest absolute Gasteiger partial charge is 0.406 e. The molecule has 0 unspecified atom stereocenters. The van der Waals surface area contributed by atoms with E-state index in [0.29, 0.717) is 0 Å². The van der Waals surface area contributed by atoms with Crippen LogP contribution in [0.4, 0.5) is 13.2 Å². The van der Waals surface area contributed by atoms with E-state index in [1.807, 2.05) is 6.82 Å². The molecule has 0 radical (unpaired) electrons. The van der Waals surface area contributed by atoms with Crippen LogP contribution in [0, 0.1) is 0 Å². The molecular weight excluding hydrogens is 180 g/mol. The molecule has 0 aliphatic rings. The van der Waals surface area contributed by atoms with Gasteiger partial charge < -0.3 is 4.74 Å². The van der Waals surface area contributed by atoms with E-state index in [1.54, 1.807) is 12.1 Å². The van der Waals surface area contributed by atoms with E-state index in [9.17, 15) is 13.2 Å². The van der Waals surface area contributed by atoms with Crippen molar-refractivity contribution in [1.29, 1.82) is 0 Å². The van der Waals surface area contributed by atoms with Crippen molar-refractivity contribution in [1.82, 2.24) is 0 Å². The van der Waals surface area contributed by atoms with Crippen LogP contribution in [0.2, 0.25) is 6.82 Å². The van der Waals surface area contributed by atoms with Gasteiger partial charge in [-0.25, -0.2) is 0 Å². The summed E-state index contributed by atoms with van der Waals surface area (Å²) in [6.45, 7) is 1.93. The molecule has 0 bridgehead atoms. The second-order valence-corrected chi connectivity index (χ2v) is 2.55. The Hall–Kier alpha value is -1.13. The maximum atomic E-state index is 11.7.